The zero-order chi connectivity index (χ0) is 47.3. The van der Waals surface area contributed by atoms with Crippen LogP contribution in [0.3, 0.4) is 0 Å². The summed E-state index contributed by atoms with van der Waals surface area (Å²) in [5, 5.41) is 7.49. The van der Waals surface area contributed by atoms with Gasteiger partial charge >= 0.3 is 0 Å². The van der Waals surface area contributed by atoms with Gasteiger partial charge in [-0.2, -0.15) is 0 Å². The van der Waals surface area contributed by atoms with Crippen molar-refractivity contribution in [2.75, 3.05) is 4.90 Å². The Morgan fingerprint density at radius 1 is 0.282 bits per heavy atom. The van der Waals surface area contributed by atoms with Crippen LogP contribution in [0.2, 0.25) is 0 Å². The van der Waals surface area contributed by atoms with Crippen molar-refractivity contribution in [3.63, 3.8) is 0 Å². The average molecular weight is 904 g/mol. The van der Waals surface area contributed by atoms with Crippen molar-refractivity contribution in [3.8, 4) is 44.5 Å². The minimum atomic E-state index is -0.500. The predicted octanol–water partition coefficient (Wildman–Crippen LogP) is 18.6. The lowest BCUT2D eigenvalue weighted by atomic mass is 9.67. The molecule has 0 N–H and O–H groups in total. The molecule has 0 saturated carbocycles. The lowest BCUT2D eigenvalue weighted by Crippen LogP contribution is -2.28. The summed E-state index contributed by atoms with van der Waals surface area (Å²) in [5.74, 6) is 0. The molecule has 334 valence electrons. The molecule has 0 aliphatic heterocycles. The van der Waals surface area contributed by atoms with Gasteiger partial charge in [0, 0.05) is 22.5 Å². The molecule has 0 fully saturated rings. The van der Waals surface area contributed by atoms with E-state index in [0.717, 1.165) is 17.1 Å². The summed E-state index contributed by atoms with van der Waals surface area (Å²) in [7, 11) is 0. The Bertz CT molecular complexity index is 3980. The molecule has 0 radical (unpaired) electrons. The van der Waals surface area contributed by atoms with Gasteiger partial charge in [-0.25, -0.2) is 0 Å². The van der Waals surface area contributed by atoms with Crippen LogP contribution < -0.4 is 4.90 Å². The zero-order valence-corrected chi connectivity index (χ0v) is 39.8. The minimum Gasteiger partial charge on any atom is -0.310 e. The van der Waals surface area contributed by atoms with E-state index >= 15 is 0 Å². The van der Waals surface area contributed by atoms with Crippen LogP contribution in [0.4, 0.5) is 17.1 Å². The quantitative estimate of drug-likeness (QED) is 0.144. The second kappa shape index (κ2) is 15.9. The highest BCUT2D eigenvalue weighted by Crippen LogP contribution is 2.58. The molecule has 71 heavy (non-hydrogen) atoms. The third-order valence-electron chi connectivity index (χ3n) is 15.9. The maximum atomic E-state index is 2.53. The van der Waals surface area contributed by atoms with Gasteiger partial charge in [0.2, 0.25) is 0 Å². The molecule has 0 heterocycles. The van der Waals surface area contributed by atoms with Gasteiger partial charge < -0.3 is 4.90 Å². The SMILES string of the molecule is CC1(C)c2cc(-c3c4ccccc4c(-c4ccc5c(c4)C(c4ccccc4)(c4ccccc4)c4ccccc4-5)c4cc5ccccc5cc34)ccc2-c2ccc(N(c3ccccc3)c3ccccc3)cc21. The molecule has 1 heteroatoms. The monoisotopic (exact) mass is 903 g/mol. The fourth-order valence-electron chi connectivity index (χ4n) is 12.7. The summed E-state index contributed by atoms with van der Waals surface area (Å²) in [6.07, 6.45) is 0. The van der Waals surface area contributed by atoms with E-state index < -0.39 is 5.41 Å². The van der Waals surface area contributed by atoms with E-state index in [2.05, 4.69) is 280 Å². The van der Waals surface area contributed by atoms with Gasteiger partial charge in [-0.1, -0.05) is 214 Å². The highest BCUT2D eigenvalue weighted by molar-refractivity contribution is 6.24. The van der Waals surface area contributed by atoms with Crippen LogP contribution in [0.1, 0.15) is 47.2 Å². The van der Waals surface area contributed by atoms with E-state index in [1.54, 1.807) is 0 Å². The molecule has 0 atom stereocenters. The first-order chi connectivity index (χ1) is 35.0. The summed E-state index contributed by atoms with van der Waals surface area (Å²) in [5.41, 5.74) is 20.7. The van der Waals surface area contributed by atoms with Gasteiger partial charge in [0.25, 0.3) is 0 Å². The fourth-order valence-corrected chi connectivity index (χ4v) is 12.7. The first kappa shape index (κ1) is 41.2. The van der Waals surface area contributed by atoms with Crippen molar-refractivity contribution in [1.29, 1.82) is 0 Å². The normalized spacial score (nSPS) is 13.7. The molecule has 0 aromatic heterocycles. The van der Waals surface area contributed by atoms with Crippen molar-refractivity contribution in [2.24, 2.45) is 0 Å². The summed E-state index contributed by atoms with van der Waals surface area (Å²) in [6.45, 7) is 4.81. The van der Waals surface area contributed by atoms with Crippen LogP contribution in [0.15, 0.2) is 261 Å². The van der Waals surface area contributed by atoms with E-state index in [4.69, 9.17) is 0 Å². The lowest BCUT2D eigenvalue weighted by molar-refractivity contribution is 0.660. The Labute approximate surface area is 415 Å². The van der Waals surface area contributed by atoms with Crippen LogP contribution in [-0.2, 0) is 10.8 Å². The van der Waals surface area contributed by atoms with Crippen molar-refractivity contribution in [1.82, 2.24) is 0 Å². The second-order valence-electron chi connectivity index (χ2n) is 20.0. The summed E-state index contributed by atoms with van der Waals surface area (Å²) in [4.78, 5) is 2.37. The first-order valence-electron chi connectivity index (χ1n) is 24.9. The summed E-state index contributed by atoms with van der Waals surface area (Å²) >= 11 is 0. The van der Waals surface area contributed by atoms with Gasteiger partial charge in [-0.05, 0) is 171 Å². The molecule has 0 spiro atoms. The number of anilines is 3. The Balaban J connectivity index is 0.982. The Hall–Kier alpha value is -8.78. The topological polar surface area (TPSA) is 3.24 Å². The molecule has 12 aromatic rings. The Kier molecular flexibility index (Phi) is 9.22. The molecule has 14 rings (SSSR count). The van der Waals surface area contributed by atoms with Crippen LogP contribution in [0.5, 0.6) is 0 Å². The Morgan fingerprint density at radius 3 is 1.24 bits per heavy atom. The minimum absolute atomic E-state index is 0.250. The van der Waals surface area contributed by atoms with E-state index in [1.807, 2.05) is 0 Å². The maximum Gasteiger partial charge on any atom is 0.0713 e. The molecule has 0 unspecified atom stereocenters. The molecular weight excluding hydrogens is 855 g/mol. The van der Waals surface area contributed by atoms with Crippen LogP contribution in [0.25, 0.3) is 76.8 Å². The third kappa shape index (κ3) is 6.13. The van der Waals surface area contributed by atoms with Crippen LogP contribution >= 0.6 is 0 Å². The number of para-hydroxylation sites is 2. The van der Waals surface area contributed by atoms with Crippen molar-refractivity contribution in [2.45, 2.75) is 24.7 Å². The zero-order valence-electron chi connectivity index (χ0n) is 39.8. The molecule has 0 amide bonds. The summed E-state index contributed by atoms with van der Waals surface area (Å²) in [6, 6.07) is 97.4. The first-order valence-corrected chi connectivity index (χ1v) is 24.9. The molecule has 12 aromatic carbocycles. The smallest absolute Gasteiger partial charge is 0.0713 e. The predicted molar refractivity (Wildman–Crippen MR) is 299 cm³/mol. The van der Waals surface area contributed by atoms with Crippen molar-refractivity contribution < 1.29 is 0 Å². The number of benzene rings is 12. The average Bonchev–Trinajstić information content (AvgIpc) is 3.85. The van der Waals surface area contributed by atoms with Gasteiger partial charge in [-0.3, -0.25) is 0 Å². The summed E-state index contributed by atoms with van der Waals surface area (Å²) < 4.78 is 0. The lowest BCUT2D eigenvalue weighted by Gasteiger charge is -2.34. The van der Waals surface area contributed by atoms with E-state index in [0.29, 0.717) is 0 Å². The highest BCUT2D eigenvalue weighted by Gasteiger charge is 2.46. The molecule has 0 saturated heterocycles. The largest absolute Gasteiger partial charge is 0.310 e. The molecule has 1 nitrogen and oxygen atoms in total. The Morgan fingerprint density at radius 2 is 0.690 bits per heavy atom. The third-order valence-corrected chi connectivity index (χ3v) is 15.9. The van der Waals surface area contributed by atoms with Crippen molar-refractivity contribution >= 4 is 49.4 Å². The number of hydrogen-bond acceptors (Lipinski definition) is 1. The molecule has 2 aliphatic rings. The second-order valence-corrected chi connectivity index (χ2v) is 20.0. The number of hydrogen-bond donors (Lipinski definition) is 0. The van der Waals surface area contributed by atoms with Crippen LogP contribution in [-0.4, -0.2) is 0 Å². The van der Waals surface area contributed by atoms with Crippen LogP contribution in [0, 0.1) is 0 Å². The van der Waals surface area contributed by atoms with E-state index in [9.17, 15) is 0 Å². The number of fused-ring (bicyclic) bond motifs is 9. The standard InChI is InChI=1S/C70H49N/c1-69(2)64-43-48(35-38-56(64)57-40-37-54(45-65(57)69)71(52-27-11-5-12-28-52)53-29-13-6-14-30-53)67-59-32-17-18-33-60(59)68(62-42-47-22-16-15-21-46(47)41-61(62)67)49-36-39-58-55-31-19-20-34-63(55)70(66(58)44-49,50-23-7-3-8-24-50)51-25-9-4-10-26-51/h3-45H,1-2H3. The fraction of sp³-hybridized carbons (Fsp3) is 0.0571. The van der Waals surface area contributed by atoms with E-state index in [1.165, 1.54) is 110 Å². The van der Waals surface area contributed by atoms with Crippen molar-refractivity contribution in [3.05, 3.63) is 294 Å². The number of rotatable bonds is 7. The maximum absolute atomic E-state index is 2.53. The highest BCUT2D eigenvalue weighted by atomic mass is 15.1. The molecule has 2 aliphatic carbocycles. The van der Waals surface area contributed by atoms with E-state index in [-0.39, 0.29) is 5.41 Å². The van der Waals surface area contributed by atoms with Gasteiger partial charge in [0.15, 0.2) is 0 Å². The number of nitrogens with zero attached hydrogens (tertiary/aromatic N) is 1. The molecule has 0 bridgehead atoms. The van der Waals surface area contributed by atoms with Gasteiger partial charge in [0.05, 0.1) is 5.41 Å². The van der Waals surface area contributed by atoms with Gasteiger partial charge in [0.1, 0.15) is 0 Å². The molecular formula is C70H49N. The van der Waals surface area contributed by atoms with Gasteiger partial charge in [-0.15, -0.1) is 0 Å².